The molecule has 0 atom stereocenters. The largest absolute Gasteiger partial charge is 0.338 e. The highest BCUT2D eigenvalue weighted by atomic mass is 16.2. The van der Waals surface area contributed by atoms with Gasteiger partial charge in [-0.15, -0.1) is 6.58 Å². The van der Waals surface area contributed by atoms with Crippen molar-refractivity contribution in [2.75, 3.05) is 26.2 Å². The van der Waals surface area contributed by atoms with Crippen LogP contribution in [0.5, 0.6) is 0 Å². The van der Waals surface area contributed by atoms with E-state index in [9.17, 15) is 4.79 Å². The molecule has 0 aromatic carbocycles. The van der Waals surface area contributed by atoms with Gasteiger partial charge in [0.05, 0.1) is 5.41 Å². The van der Waals surface area contributed by atoms with E-state index in [1.54, 1.807) is 6.20 Å². The molecule has 2 aliphatic rings. The van der Waals surface area contributed by atoms with Gasteiger partial charge in [0.15, 0.2) is 0 Å². The Kier molecular flexibility index (Phi) is 4.06. The first kappa shape index (κ1) is 14.3. The minimum atomic E-state index is -0.0888. The normalized spacial score (nSPS) is 21.9. The van der Waals surface area contributed by atoms with Crippen LogP contribution in [0.2, 0.25) is 0 Å². The summed E-state index contributed by atoms with van der Waals surface area (Å²) in [4.78, 5) is 21.2. The lowest BCUT2D eigenvalue weighted by molar-refractivity contribution is -0.138. The monoisotopic (exact) mass is 285 g/mol. The van der Waals surface area contributed by atoms with Crippen LogP contribution in [0.25, 0.3) is 0 Å². The van der Waals surface area contributed by atoms with Gasteiger partial charge in [-0.1, -0.05) is 12.1 Å². The van der Waals surface area contributed by atoms with Crippen molar-refractivity contribution in [1.82, 2.24) is 14.8 Å². The number of carbonyl (C=O) groups is 1. The van der Waals surface area contributed by atoms with Crippen molar-refractivity contribution in [3.05, 3.63) is 42.7 Å². The molecule has 21 heavy (non-hydrogen) atoms. The van der Waals surface area contributed by atoms with Gasteiger partial charge in [0.1, 0.15) is 0 Å². The number of hydrogen-bond donors (Lipinski definition) is 0. The molecular weight excluding hydrogens is 262 g/mol. The van der Waals surface area contributed by atoms with Crippen LogP contribution in [-0.2, 0) is 11.3 Å². The number of carbonyl (C=O) groups excluding carboxylic acids is 1. The van der Waals surface area contributed by atoms with E-state index >= 15 is 0 Å². The van der Waals surface area contributed by atoms with Crippen molar-refractivity contribution in [1.29, 1.82) is 0 Å². The molecule has 0 bridgehead atoms. The Morgan fingerprint density at radius 2 is 2.05 bits per heavy atom. The SMILES string of the molecule is C=CCN1CCC2(CCN(Cc3cccnc3)CC2)C1=O. The molecule has 3 rings (SSSR count). The van der Waals surface area contributed by atoms with Crippen molar-refractivity contribution in [2.24, 2.45) is 5.41 Å². The van der Waals surface area contributed by atoms with Gasteiger partial charge in [-0.25, -0.2) is 0 Å². The summed E-state index contributed by atoms with van der Waals surface area (Å²) in [5, 5.41) is 0. The van der Waals surface area contributed by atoms with Gasteiger partial charge in [-0.3, -0.25) is 14.7 Å². The van der Waals surface area contributed by atoms with Crippen LogP contribution >= 0.6 is 0 Å². The molecule has 1 spiro atoms. The molecular formula is C17H23N3O. The van der Waals surface area contributed by atoms with Crippen LogP contribution in [0.4, 0.5) is 0 Å². The average Bonchev–Trinajstić information content (AvgIpc) is 2.81. The van der Waals surface area contributed by atoms with E-state index in [4.69, 9.17) is 0 Å². The summed E-state index contributed by atoms with van der Waals surface area (Å²) in [6, 6.07) is 4.10. The molecule has 0 aliphatic carbocycles. The van der Waals surface area contributed by atoms with Crippen molar-refractivity contribution in [3.63, 3.8) is 0 Å². The third kappa shape index (κ3) is 2.86. The van der Waals surface area contributed by atoms with Crippen molar-refractivity contribution >= 4 is 5.91 Å². The molecule has 1 aromatic rings. The lowest BCUT2D eigenvalue weighted by atomic mass is 9.77. The van der Waals surface area contributed by atoms with Crippen LogP contribution in [0.1, 0.15) is 24.8 Å². The Labute approximate surface area is 126 Å². The Morgan fingerprint density at radius 1 is 1.29 bits per heavy atom. The number of likely N-dealkylation sites (tertiary alicyclic amines) is 2. The van der Waals surface area contributed by atoms with Gasteiger partial charge in [0, 0.05) is 32.0 Å². The average molecular weight is 285 g/mol. The standard InChI is InChI=1S/C17H23N3O/c1-2-9-20-12-7-17(16(20)21)5-10-19(11-6-17)14-15-4-3-8-18-13-15/h2-4,8,13H,1,5-7,9-12,14H2. The van der Waals surface area contributed by atoms with E-state index in [2.05, 4.69) is 22.5 Å². The first-order valence-electron chi connectivity index (χ1n) is 7.75. The van der Waals surface area contributed by atoms with E-state index in [0.29, 0.717) is 12.5 Å². The first-order valence-corrected chi connectivity index (χ1v) is 7.75. The highest BCUT2D eigenvalue weighted by molar-refractivity contribution is 5.85. The quantitative estimate of drug-likeness (QED) is 0.795. The summed E-state index contributed by atoms with van der Waals surface area (Å²) < 4.78 is 0. The van der Waals surface area contributed by atoms with Gasteiger partial charge >= 0.3 is 0 Å². The molecule has 2 saturated heterocycles. The first-order chi connectivity index (χ1) is 10.2. The number of piperidine rings is 1. The van der Waals surface area contributed by atoms with Gasteiger partial charge in [0.2, 0.25) is 5.91 Å². The third-order valence-corrected chi connectivity index (χ3v) is 4.89. The molecule has 4 heteroatoms. The smallest absolute Gasteiger partial charge is 0.229 e. The molecule has 3 heterocycles. The van der Waals surface area contributed by atoms with Gasteiger partial charge in [0.25, 0.3) is 0 Å². The second kappa shape index (κ2) is 5.98. The Hall–Kier alpha value is -1.68. The van der Waals surface area contributed by atoms with Crippen LogP contribution in [-0.4, -0.2) is 46.9 Å². The van der Waals surface area contributed by atoms with E-state index in [1.165, 1.54) is 5.56 Å². The molecule has 0 radical (unpaired) electrons. The van der Waals surface area contributed by atoms with E-state index in [-0.39, 0.29) is 5.41 Å². The fourth-order valence-corrected chi connectivity index (χ4v) is 3.58. The summed E-state index contributed by atoms with van der Waals surface area (Å²) in [6.07, 6.45) is 8.55. The summed E-state index contributed by atoms with van der Waals surface area (Å²) in [5.41, 5.74) is 1.16. The molecule has 0 unspecified atom stereocenters. The zero-order valence-electron chi connectivity index (χ0n) is 12.5. The Bertz CT molecular complexity index is 506. The van der Waals surface area contributed by atoms with E-state index in [0.717, 1.165) is 45.4 Å². The number of pyridine rings is 1. The lowest BCUT2D eigenvalue weighted by Gasteiger charge is -2.37. The summed E-state index contributed by atoms with van der Waals surface area (Å²) in [7, 11) is 0. The minimum Gasteiger partial charge on any atom is -0.338 e. The fourth-order valence-electron chi connectivity index (χ4n) is 3.58. The highest BCUT2D eigenvalue weighted by Gasteiger charge is 2.47. The molecule has 2 fully saturated rings. The molecule has 0 N–H and O–H groups in total. The molecule has 4 nitrogen and oxygen atoms in total. The van der Waals surface area contributed by atoms with Crippen LogP contribution in [0.15, 0.2) is 37.2 Å². The van der Waals surface area contributed by atoms with E-state index in [1.807, 2.05) is 23.2 Å². The van der Waals surface area contributed by atoms with Crippen molar-refractivity contribution < 1.29 is 4.79 Å². The second-order valence-electron chi connectivity index (χ2n) is 6.21. The predicted molar refractivity (Wildman–Crippen MR) is 82.6 cm³/mol. The summed E-state index contributed by atoms with van der Waals surface area (Å²) in [6.45, 7) is 8.28. The van der Waals surface area contributed by atoms with Crippen LogP contribution in [0.3, 0.4) is 0 Å². The number of hydrogen-bond acceptors (Lipinski definition) is 3. The second-order valence-corrected chi connectivity index (χ2v) is 6.21. The zero-order chi connectivity index (χ0) is 14.7. The maximum Gasteiger partial charge on any atom is 0.229 e. The van der Waals surface area contributed by atoms with E-state index < -0.39 is 0 Å². The maximum absolute atomic E-state index is 12.6. The van der Waals surface area contributed by atoms with Gasteiger partial charge < -0.3 is 4.90 Å². The molecule has 112 valence electrons. The van der Waals surface area contributed by atoms with Crippen molar-refractivity contribution in [2.45, 2.75) is 25.8 Å². The van der Waals surface area contributed by atoms with Gasteiger partial charge in [-0.2, -0.15) is 0 Å². The number of amides is 1. The highest BCUT2D eigenvalue weighted by Crippen LogP contribution is 2.41. The van der Waals surface area contributed by atoms with Crippen LogP contribution < -0.4 is 0 Å². The lowest BCUT2D eigenvalue weighted by Crippen LogP contribution is -2.44. The fraction of sp³-hybridized carbons (Fsp3) is 0.529. The molecule has 1 amide bonds. The Morgan fingerprint density at radius 3 is 2.71 bits per heavy atom. The summed E-state index contributed by atoms with van der Waals surface area (Å²) in [5.74, 6) is 0.350. The predicted octanol–water partition coefficient (Wildman–Crippen LogP) is 2.08. The molecule has 0 saturated carbocycles. The molecule has 2 aliphatic heterocycles. The number of rotatable bonds is 4. The maximum atomic E-state index is 12.6. The van der Waals surface area contributed by atoms with Gasteiger partial charge in [-0.05, 0) is 44.0 Å². The minimum absolute atomic E-state index is 0.0888. The summed E-state index contributed by atoms with van der Waals surface area (Å²) >= 11 is 0. The Balaban J connectivity index is 1.58. The van der Waals surface area contributed by atoms with Crippen molar-refractivity contribution in [3.8, 4) is 0 Å². The third-order valence-electron chi connectivity index (χ3n) is 4.89. The number of aromatic nitrogens is 1. The topological polar surface area (TPSA) is 36.4 Å². The number of nitrogens with zero attached hydrogens (tertiary/aromatic N) is 3. The molecule has 1 aromatic heterocycles. The zero-order valence-corrected chi connectivity index (χ0v) is 12.5. The van der Waals surface area contributed by atoms with Crippen LogP contribution in [0, 0.1) is 5.41 Å².